The van der Waals surface area contributed by atoms with Crippen LogP contribution in [0.2, 0.25) is 5.02 Å². The Bertz CT molecular complexity index is 918. The van der Waals surface area contributed by atoms with E-state index < -0.39 is 5.97 Å². The van der Waals surface area contributed by atoms with Crippen LogP contribution in [0.1, 0.15) is 10.4 Å². The lowest BCUT2D eigenvalue weighted by Crippen LogP contribution is -2.13. The molecule has 0 radical (unpaired) electrons. The average Bonchev–Trinajstić information content (AvgIpc) is 2.69. The molecule has 0 aliphatic rings. The molecule has 0 saturated carbocycles. The Morgan fingerprint density at radius 3 is 2.65 bits per heavy atom. The van der Waals surface area contributed by atoms with Crippen LogP contribution in [0, 0.1) is 0 Å². The average molecular weight is 369 g/mol. The van der Waals surface area contributed by atoms with Gasteiger partial charge in [0.05, 0.1) is 23.4 Å². The molecule has 3 aromatic rings. The predicted octanol–water partition coefficient (Wildman–Crippen LogP) is 4.43. The van der Waals surface area contributed by atoms with Gasteiger partial charge in [-0.25, -0.2) is 9.78 Å². The highest BCUT2D eigenvalue weighted by molar-refractivity contribution is 6.33. The van der Waals surface area contributed by atoms with E-state index in [-0.39, 0.29) is 0 Å². The molecule has 1 aromatic heterocycles. The van der Waals surface area contributed by atoms with Gasteiger partial charge in [0, 0.05) is 18.9 Å². The predicted molar refractivity (Wildman–Crippen MR) is 103 cm³/mol. The summed E-state index contributed by atoms with van der Waals surface area (Å²) < 4.78 is 4.74. The molecule has 0 amide bonds. The van der Waals surface area contributed by atoms with E-state index in [1.165, 1.54) is 7.11 Å². The standard InChI is InChI=1S/C19H17ClN4O2/c1-24(14-6-4-3-5-7-14)19-21-11-10-17(23-19)22-16-12-13(18(25)26-2)8-9-15(16)20/h3-12H,1-2H3,(H,21,22,23). The molecule has 0 aliphatic carbocycles. The number of carbonyl (C=O) groups is 1. The van der Waals surface area contributed by atoms with Gasteiger partial charge >= 0.3 is 5.97 Å². The number of hydrogen-bond donors (Lipinski definition) is 1. The first-order valence-corrected chi connectivity index (χ1v) is 8.23. The van der Waals surface area contributed by atoms with Gasteiger partial charge in [-0.1, -0.05) is 29.8 Å². The summed E-state index contributed by atoms with van der Waals surface area (Å²) in [6.45, 7) is 0. The first kappa shape index (κ1) is 17.7. The number of esters is 1. The molecule has 26 heavy (non-hydrogen) atoms. The van der Waals surface area contributed by atoms with E-state index >= 15 is 0 Å². The molecule has 3 rings (SSSR count). The van der Waals surface area contributed by atoms with Gasteiger partial charge in [-0.3, -0.25) is 0 Å². The van der Waals surface area contributed by atoms with Crippen molar-refractivity contribution in [3.05, 3.63) is 71.4 Å². The summed E-state index contributed by atoms with van der Waals surface area (Å²) in [6.07, 6.45) is 1.65. The van der Waals surface area contributed by atoms with E-state index in [0.717, 1.165) is 5.69 Å². The van der Waals surface area contributed by atoms with Gasteiger partial charge in [-0.15, -0.1) is 0 Å². The van der Waals surface area contributed by atoms with Crippen molar-refractivity contribution in [3.8, 4) is 0 Å². The third-order valence-electron chi connectivity index (χ3n) is 3.74. The summed E-state index contributed by atoms with van der Waals surface area (Å²) in [6, 6.07) is 16.4. The van der Waals surface area contributed by atoms with Crippen molar-refractivity contribution in [2.24, 2.45) is 0 Å². The number of ether oxygens (including phenoxy) is 1. The molecule has 7 heteroatoms. The van der Waals surface area contributed by atoms with Crippen molar-refractivity contribution in [3.63, 3.8) is 0 Å². The Morgan fingerprint density at radius 2 is 1.92 bits per heavy atom. The second kappa shape index (κ2) is 7.84. The molecule has 132 valence electrons. The summed E-state index contributed by atoms with van der Waals surface area (Å²) >= 11 is 6.22. The van der Waals surface area contributed by atoms with E-state index in [9.17, 15) is 4.79 Å². The van der Waals surface area contributed by atoms with Crippen molar-refractivity contribution in [1.82, 2.24) is 9.97 Å². The Balaban J connectivity index is 1.87. The van der Waals surface area contributed by atoms with Crippen LogP contribution in [-0.4, -0.2) is 30.1 Å². The van der Waals surface area contributed by atoms with E-state index in [2.05, 4.69) is 15.3 Å². The molecule has 1 N–H and O–H groups in total. The number of nitrogens with one attached hydrogen (secondary N) is 1. The van der Waals surface area contributed by atoms with Crippen LogP contribution in [0.5, 0.6) is 0 Å². The summed E-state index contributed by atoms with van der Waals surface area (Å²) in [5.74, 6) is 0.653. The SMILES string of the molecule is COC(=O)c1ccc(Cl)c(Nc2ccnc(N(C)c3ccccc3)n2)c1. The number of halogens is 1. The monoisotopic (exact) mass is 368 g/mol. The summed E-state index contributed by atoms with van der Waals surface area (Å²) in [5.41, 5.74) is 1.92. The van der Waals surface area contributed by atoms with Crippen LogP contribution >= 0.6 is 11.6 Å². The number of rotatable bonds is 5. The number of anilines is 4. The molecule has 6 nitrogen and oxygen atoms in total. The zero-order valence-corrected chi connectivity index (χ0v) is 15.1. The molecule has 0 fully saturated rings. The van der Waals surface area contributed by atoms with Crippen LogP contribution in [0.25, 0.3) is 0 Å². The minimum Gasteiger partial charge on any atom is -0.465 e. The number of benzene rings is 2. The smallest absolute Gasteiger partial charge is 0.337 e. The van der Waals surface area contributed by atoms with Crippen molar-refractivity contribution >= 4 is 40.7 Å². The first-order chi connectivity index (χ1) is 12.6. The van der Waals surface area contributed by atoms with Crippen LogP contribution in [-0.2, 0) is 4.74 Å². The number of methoxy groups -OCH3 is 1. The summed E-state index contributed by atoms with van der Waals surface area (Å²) in [5, 5.41) is 3.59. The van der Waals surface area contributed by atoms with E-state index in [4.69, 9.17) is 16.3 Å². The van der Waals surface area contributed by atoms with Crippen LogP contribution < -0.4 is 10.2 Å². The van der Waals surface area contributed by atoms with Gasteiger partial charge in [-0.2, -0.15) is 4.98 Å². The molecule has 0 atom stereocenters. The lowest BCUT2D eigenvalue weighted by molar-refractivity contribution is 0.0601. The van der Waals surface area contributed by atoms with Gasteiger partial charge in [0.15, 0.2) is 0 Å². The Labute approximate surface area is 156 Å². The van der Waals surface area contributed by atoms with E-state index in [1.807, 2.05) is 42.3 Å². The molecule has 0 spiro atoms. The molecule has 0 unspecified atom stereocenters. The fourth-order valence-electron chi connectivity index (χ4n) is 2.35. The number of aromatic nitrogens is 2. The third-order valence-corrected chi connectivity index (χ3v) is 4.07. The zero-order valence-electron chi connectivity index (χ0n) is 14.3. The molecule has 0 aliphatic heterocycles. The number of carbonyl (C=O) groups excluding carboxylic acids is 1. The fourth-order valence-corrected chi connectivity index (χ4v) is 2.52. The van der Waals surface area contributed by atoms with Gasteiger partial charge in [0.25, 0.3) is 0 Å². The van der Waals surface area contributed by atoms with Gasteiger partial charge in [0.2, 0.25) is 5.95 Å². The minimum atomic E-state index is -0.433. The van der Waals surface area contributed by atoms with Crippen LogP contribution in [0.3, 0.4) is 0 Å². The first-order valence-electron chi connectivity index (χ1n) is 7.85. The van der Waals surface area contributed by atoms with Crippen LogP contribution in [0.15, 0.2) is 60.8 Å². The van der Waals surface area contributed by atoms with Gasteiger partial charge in [-0.05, 0) is 36.4 Å². The van der Waals surface area contributed by atoms with E-state index in [1.54, 1.807) is 30.5 Å². The molecular weight excluding hydrogens is 352 g/mol. The van der Waals surface area contributed by atoms with Crippen molar-refractivity contribution in [2.45, 2.75) is 0 Å². The summed E-state index contributed by atoms with van der Waals surface area (Å²) in [7, 11) is 3.22. The molecular formula is C19H17ClN4O2. The topological polar surface area (TPSA) is 67.3 Å². The molecule has 0 saturated heterocycles. The van der Waals surface area contributed by atoms with Crippen LogP contribution in [0.4, 0.5) is 23.1 Å². The Kier molecular flexibility index (Phi) is 5.34. The highest BCUT2D eigenvalue weighted by Crippen LogP contribution is 2.27. The zero-order chi connectivity index (χ0) is 18.5. The molecule has 2 aromatic carbocycles. The van der Waals surface area contributed by atoms with Crippen molar-refractivity contribution in [1.29, 1.82) is 0 Å². The molecule has 0 bridgehead atoms. The normalized spacial score (nSPS) is 10.3. The highest BCUT2D eigenvalue weighted by Gasteiger charge is 2.11. The third kappa shape index (κ3) is 3.92. The fraction of sp³-hybridized carbons (Fsp3) is 0.105. The van der Waals surface area contributed by atoms with E-state index in [0.29, 0.717) is 28.0 Å². The lowest BCUT2D eigenvalue weighted by Gasteiger charge is -2.18. The maximum atomic E-state index is 11.7. The number of hydrogen-bond acceptors (Lipinski definition) is 6. The lowest BCUT2D eigenvalue weighted by atomic mass is 10.2. The second-order valence-electron chi connectivity index (χ2n) is 5.45. The Hall–Kier alpha value is -3.12. The van der Waals surface area contributed by atoms with Crippen molar-refractivity contribution in [2.75, 3.05) is 24.4 Å². The summed E-state index contributed by atoms with van der Waals surface area (Å²) in [4.78, 5) is 22.4. The number of para-hydroxylation sites is 1. The van der Waals surface area contributed by atoms with Crippen molar-refractivity contribution < 1.29 is 9.53 Å². The highest BCUT2D eigenvalue weighted by atomic mass is 35.5. The maximum absolute atomic E-state index is 11.7. The molecule has 1 heterocycles. The minimum absolute atomic E-state index is 0.398. The van der Waals surface area contributed by atoms with Gasteiger partial charge < -0.3 is 15.0 Å². The largest absolute Gasteiger partial charge is 0.465 e. The Morgan fingerprint density at radius 1 is 1.15 bits per heavy atom. The van der Waals surface area contributed by atoms with Gasteiger partial charge in [0.1, 0.15) is 5.82 Å². The quantitative estimate of drug-likeness (QED) is 0.672. The maximum Gasteiger partial charge on any atom is 0.337 e. The number of nitrogens with zero attached hydrogens (tertiary/aromatic N) is 3. The second-order valence-corrected chi connectivity index (χ2v) is 5.85.